The SMILES string of the molecule is CCN1CCN(c2ccc(C(=O)N3CC=C(N)N3)cc2F)CC1. The number of rotatable bonds is 3. The number of likely N-dealkylation sites (N-methyl/N-ethyl adjacent to an activating group) is 1. The number of piperazine rings is 1. The maximum Gasteiger partial charge on any atom is 0.272 e. The summed E-state index contributed by atoms with van der Waals surface area (Å²) in [5, 5.41) is 1.36. The first-order valence-electron chi connectivity index (χ1n) is 7.89. The molecule has 3 N–H and O–H groups in total. The van der Waals surface area contributed by atoms with Crippen molar-refractivity contribution in [3.05, 3.63) is 41.5 Å². The third kappa shape index (κ3) is 3.24. The zero-order chi connectivity index (χ0) is 16.4. The first-order chi connectivity index (χ1) is 11.1. The summed E-state index contributed by atoms with van der Waals surface area (Å²) in [6.45, 7) is 6.98. The molecule has 6 nitrogen and oxygen atoms in total. The Bertz CT molecular complexity index is 625. The molecule has 1 aromatic carbocycles. The van der Waals surface area contributed by atoms with Gasteiger partial charge in [0.25, 0.3) is 5.91 Å². The minimum absolute atomic E-state index is 0.289. The Kier molecular flexibility index (Phi) is 4.38. The fourth-order valence-electron chi connectivity index (χ4n) is 2.93. The first kappa shape index (κ1) is 15.6. The highest BCUT2D eigenvalue weighted by Gasteiger charge is 2.22. The number of anilines is 1. The van der Waals surface area contributed by atoms with Gasteiger partial charge in [-0.2, -0.15) is 0 Å². The second-order valence-electron chi connectivity index (χ2n) is 5.77. The molecule has 124 valence electrons. The standard InChI is InChI=1S/C16H22FN5O/c1-2-20-7-9-21(10-8-20)14-4-3-12(11-13(14)17)16(23)22-6-5-15(18)19-22/h3-5,11,19H,2,6-10,18H2,1H3. The number of hydrazine groups is 1. The largest absolute Gasteiger partial charge is 0.384 e. The van der Waals surface area contributed by atoms with Crippen molar-refractivity contribution in [2.75, 3.05) is 44.2 Å². The first-order valence-corrected chi connectivity index (χ1v) is 7.89. The number of amides is 1. The Morgan fingerprint density at radius 3 is 2.61 bits per heavy atom. The molecule has 0 spiro atoms. The Morgan fingerprint density at radius 1 is 1.30 bits per heavy atom. The van der Waals surface area contributed by atoms with Crippen LogP contribution in [0.3, 0.4) is 0 Å². The van der Waals surface area contributed by atoms with Crippen molar-refractivity contribution in [2.45, 2.75) is 6.92 Å². The van der Waals surface area contributed by atoms with E-state index in [1.165, 1.54) is 11.1 Å². The van der Waals surface area contributed by atoms with Crippen LogP contribution in [0.1, 0.15) is 17.3 Å². The molecule has 0 bridgehead atoms. The Balaban J connectivity index is 1.70. The van der Waals surface area contributed by atoms with E-state index in [2.05, 4.69) is 17.2 Å². The lowest BCUT2D eigenvalue weighted by Gasteiger charge is -2.35. The highest BCUT2D eigenvalue weighted by molar-refractivity contribution is 5.94. The zero-order valence-corrected chi connectivity index (χ0v) is 13.3. The van der Waals surface area contributed by atoms with E-state index in [0.717, 1.165) is 32.7 Å². The van der Waals surface area contributed by atoms with E-state index in [-0.39, 0.29) is 11.7 Å². The van der Waals surface area contributed by atoms with Crippen molar-refractivity contribution < 1.29 is 9.18 Å². The number of halogens is 1. The van der Waals surface area contributed by atoms with E-state index in [1.54, 1.807) is 18.2 Å². The fourth-order valence-corrected chi connectivity index (χ4v) is 2.93. The van der Waals surface area contributed by atoms with Crippen LogP contribution in [0.25, 0.3) is 0 Å². The van der Waals surface area contributed by atoms with Crippen LogP contribution in [0.4, 0.5) is 10.1 Å². The number of benzene rings is 1. The molecule has 2 heterocycles. The van der Waals surface area contributed by atoms with Crippen molar-refractivity contribution in [1.82, 2.24) is 15.3 Å². The van der Waals surface area contributed by atoms with Crippen LogP contribution in [0.5, 0.6) is 0 Å². The van der Waals surface area contributed by atoms with Crippen molar-refractivity contribution in [3.63, 3.8) is 0 Å². The van der Waals surface area contributed by atoms with Gasteiger partial charge in [0.1, 0.15) is 11.6 Å². The van der Waals surface area contributed by atoms with Gasteiger partial charge in [-0.3, -0.25) is 10.2 Å². The third-order valence-corrected chi connectivity index (χ3v) is 4.36. The van der Waals surface area contributed by atoms with Crippen LogP contribution in [0.15, 0.2) is 30.1 Å². The fraction of sp³-hybridized carbons (Fsp3) is 0.438. The smallest absolute Gasteiger partial charge is 0.272 e. The van der Waals surface area contributed by atoms with Gasteiger partial charge < -0.3 is 15.5 Å². The highest BCUT2D eigenvalue weighted by Crippen LogP contribution is 2.22. The summed E-state index contributed by atoms with van der Waals surface area (Å²) in [6.07, 6.45) is 1.70. The molecule has 3 rings (SSSR count). The van der Waals surface area contributed by atoms with Crippen LogP contribution in [-0.2, 0) is 0 Å². The van der Waals surface area contributed by atoms with Crippen LogP contribution < -0.4 is 16.1 Å². The Hall–Kier alpha value is -2.28. The average molecular weight is 319 g/mol. The van der Waals surface area contributed by atoms with Crippen molar-refractivity contribution in [2.24, 2.45) is 5.73 Å². The maximum absolute atomic E-state index is 14.5. The molecule has 0 atom stereocenters. The van der Waals surface area contributed by atoms with Gasteiger partial charge in [-0.05, 0) is 30.8 Å². The molecule has 1 aromatic rings. The van der Waals surface area contributed by atoms with E-state index in [0.29, 0.717) is 23.6 Å². The zero-order valence-electron chi connectivity index (χ0n) is 13.3. The summed E-state index contributed by atoms with van der Waals surface area (Å²) in [7, 11) is 0. The van der Waals surface area contributed by atoms with Gasteiger partial charge in [0, 0.05) is 31.7 Å². The molecule has 1 fully saturated rings. The van der Waals surface area contributed by atoms with Gasteiger partial charge in [-0.1, -0.05) is 6.92 Å². The Labute approximate surface area is 135 Å². The van der Waals surface area contributed by atoms with Gasteiger partial charge in [0.2, 0.25) is 0 Å². The second kappa shape index (κ2) is 6.45. The van der Waals surface area contributed by atoms with Gasteiger partial charge in [-0.25, -0.2) is 9.40 Å². The monoisotopic (exact) mass is 319 g/mol. The van der Waals surface area contributed by atoms with Crippen LogP contribution in [-0.4, -0.2) is 55.1 Å². The number of nitrogens with two attached hydrogens (primary N) is 1. The normalized spacial score (nSPS) is 18.8. The molecule has 2 aliphatic rings. The van der Waals surface area contributed by atoms with Crippen molar-refractivity contribution in [1.29, 1.82) is 0 Å². The molecule has 1 amide bonds. The van der Waals surface area contributed by atoms with E-state index < -0.39 is 0 Å². The molecule has 0 saturated carbocycles. The minimum atomic E-state index is -0.360. The van der Waals surface area contributed by atoms with E-state index in [9.17, 15) is 9.18 Å². The van der Waals surface area contributed by atoms with Crippen LogP contribution in [0, 0.1) is 5.82 Å². The van der Waals surface area contributed by atoms with Gasteiger partial charge in [-0.15, -0.1) is 0 Å². The summed E-state index contributed by atoms with van der Waals surface area (Å²) in [5.41, 5.74) is 9.21. The molecule has 0 radical (unpaired) electrons. The molecule has 7 heteroatoms. The topological polar surface area (TPSA) is 64.8 Å². The number of nitrogens with one attached hydrogen (secondary N) is 1. The molecular formula is C16H22FN5O. The third-order valence-electron chi connectivity index (χ3n) is 4.36. The van der Waals surface area contributed by atoms with E-state index in [1.807, 2.05) is 4.90 Å². The van der Waals surface area contributed by atoms with Gasteiger partial charge >= 0.3 is 0 Å². The van der Waals surface area contributed by atoms with Crippen LogP contribution >= 0.6 is 0 Å². The molecule has 0 aliphatic carbocycles. The van der Waals surface area contributed by atoms with Crippen molar-refractivity contribution >= 4 is 11.6 Å². The Morgan fingerprint density at radius 2 is 2.04 bits per heavy atom. The molecule has 23 heavy (non-hydrogen) atoms. The summed E-state index contributed by atoms with van der Waals surface area (Å²) in [4.78, 5) is 16.7. The quantitative estimate of drug-likeness (QED) is 0.860. The van der Waals surface area contributed by atoms with Crippen LogP contribution in [0.2, 0.25) is 0 Å². The average Bonchev–Trinajstić information content (AvgIpc) is 3.00. The lowest BCUT2D eigenvalue weighted by atomic mass is 10.1. The van der Waals surface area contributed by atoms with Gasteiger partial charge in [0.15, 0.2) is 0 Å². The molecule has 1 saturated heterocycles. The summed E-state index contributed by atoms with van der Waals surface area (Å²) < 4.78 is 14.5. The summed E-state index contributed by atoms with van der Waals surface area (Å²) in [5.74, 6) is -0.215. The predicted molar refractivity (Wildman–Crippen MR) is 87.2 cm³/mol. The number of carbonyl (C=O) groups is 1. The number of nitrogens with zero attached hydrogens (tertiary/aromatic N) is 3. The maximum atomic E-state index is 14.5. The molecule has 0 aromatic heterocycles. The number of carbonyl (C=O) groups excluding carboxylic acids is 1. The highest BCUT2D eigenvalue weighted by atomic mass is 19.1. The lowest BCUT2D eigenvalue weighted by molar-refractivity contribution is 0.0730. The number of hydrogen-bond donors (Lipinski definition) is 2. The van der Waals surface area contributed by atoms with Gasteiger partial charge in [0.05, 0.1) is 12.2 Å². The van der Waals surface area contributed by atoms with E-state index in [4.69, 9.17) is 5.73 Å². The summed E-state index contributed by atoms with van der Waals surface area (Å²) in [6, 6.07) is 4.67. The second-order valence-corrected chi connectivity index (χ2v) is 5.77. The molecule has 2 aliphatic heterocycles. The minimum Gasteiger partial charge on any atom is -0.384 e. The van der Waals surface area contributed by atoms with E-state index >= 15 is 0 Å². The molecule has 0 unspecified atom stereocenters. The van der Waals surface area contributed by atoms with Crippen molar-refractivity contribution in [3.8, 4) is 0 Å². The summed E-state index contributed by atoms with van der Waals surface area (Å²) >= 11 is 0. The lowest BCUT2D eigenvalue weighted by Crippen LogP contribution is -2.46. The predicted octanol–water partition coefficient (Wildman–Crippen LogP) is 0.728. The molecular weight excluding hydrogens is 297 g/mol. The number of hydrogen-bond acceptors (Lipinski definition) is 5.